The lowest BCUT2D eigenvalue weighted by atomic mass is 10.0. The number of pyridine rings is 1. The van der Waals surface area contributed by atoms with Crippen molar-refractivity contribution in [3.63, 3.8) is 0 Å². The number of aromatic nitrogens is 2. The van der Waals surface area contributed by atoms with Gasteiger partial charge in [0.1, 0.15) is 5.65 Å². The number of hydrogen-bond acceptors (Lipinski definition) is 2. The second-order valence-corrected chi connectivity index (χ2v) is 5.54. The Labute approximate surface area is 120 Å². The molecule has 0 amide bonds. The number of rotatable bonds is 2. The summed E-state index contributed by atoms with van der Waals surface area (Å²) in [5, 5.41) is 3.32. The molecule has 0 fully saturated rings. The van der Waals surface area contributed by atoms with Crippen molar-refractivity contribution in [1.29, 1.82) is 0 Å². The lowest BCUT2D eigenvalue weighted by Gasteiger charge is -2.05. The predicted molar refractivity (Wildman–Crippen MR) is 84.8 cm³/mol. The first-order valence-electron chi connectivity index (χ1n) is 6.49. The molecule has 3 heterocycles. The summed E-state index contributed by atoms with van der Waals surface area (Å²) in [4.78, 5) is 8.83. The van der Waals surface area contributed by atoms with Crippen LogP contribution in [0.5, 0.6) is 0 Å². The molecular weight excluding hydrogens is 264 g/mol. The van der Waals surface area contributed by atoms with Crippen molar-refractivity contribution in [3.8, 4) is 21.6 Å². The molecule has 96 valence electrons. The van der Waals surface area contributed by atoms with Gasteiger partial charge in [-0.2, -0.15) is 0 Å². The van der Waals surface area contributed by atoms with Crippen LogP contribution in [0.2, 0.25) is 0 Å². The highest BCUT2D eigenvalue weighted by molar-refractivity contribution is 7.14. The van der Waals surface area contributed by atoms with E-state index in [1.165, 1.54) is 27.0 Å². The maximum absolute atomic E-state index is 4.36. The smallest absolute Gasteiger partial charge is 0.137 e. The van der Waals surface area contributed by atoms with Crippen molar-refractivity contribution in [2.45, 2.75) is 0 Å². The molecular formula is C17H12N2S. The maximum atomic E-state index is 4.36. The van der Waals surface area contributed by atoms with Gasteiger partial charge in [0.05, 0.1) is 0 Å². The molecule has 0 aliphatic heterocycles. The summed E-state index contributed by atoms with van der Waals surface area (Å²) in [5.41, 5.74) is 4.72. The average Bonchev–Trinajstić information content (AvgIpc) is 3.16. The lowest BCUT2D eigenvalue weighted by Crippen LogP contribution is -1.82. The van der Waals surface area contributed by atoms with Gasteiger partial charge >= 0.3 is 0 Å². The van der Waals surface area contributed by atoms with Crippen LogP contribution in [0.4, 0.5) is 0 Å². The van der Waals surface area contributed by atoms with Gasteiger partial charge in [0, 0.05) is 33.8 Å². The lowest BCUT2D eigenvalue weighted by molar-refractivity contribution is 1.33. The Hall–Kier alpha value is -2.39. The number of nitrogens with zero attached hydrogens (tertiary/aromatic N) is 1. The summed E-state index contributed by atoms with van der Waals surface area (Å²) in [6.07, 6.45) is 3.81. The van der Waals surface area contributed by atoms with Crippen LogP contribution in [0.1, 0.15) is 0 Å². The minimum Gasteiger partial charge on any atom is -0.346 e. The molecule has 1 N–H and O–H groups in total. The zero-order valence-electron chi connectivity index (χ0n) is 10.7. The summed E-state index contributed by atoms with van der Waals surface area (Å²) in [7, 11) is 0. The SMILES string of the molecule is c1ccc(-c2ccsc2-c2ccnc3[nH]ccc23)cc1. The minimum absolute atomic E-state index is 0.940. The monoisotopic (exact) mass is 276 g/mol. The number of fused-ring (bicyclic) bond motifs is 1. The van der Waals surface area contributed by atoms with Crippen LogP contribution in [0, 0.1) is 0 Å². The van der Waals surface area contributed by atoms with Gasteiger partial charge in [-0.05, 0) is 29.1 Å². The second kappa shape index (κ2) is 4.62. The van der Waals surface area contributed by atoms with Crippen LogP contribution >= 0.6 is 11.3 Å². The van der Waals surface area contributed by atoms with E-state index in [9.17, 15) is 0 Å². The molecule has 4 aromatic rings. The highest BCUT2D eigenvalue weighted by atomic mass is 32.1. The average molecular weight is 276 g/mol. The van der Waals surface area contributed by atoms with Crippen molar-refractivity contribution in [2.75, 3.05) is 0 Å². The van der Waals surface area contributed by atoms with Crippen LogP contribution in [-0.2, 0) is 0 Å². The van der Waals surface area contributed by atoms with Gasteiger partial charge < -0.3 is 4.98 Å². The molecule has 0 saturated heterocycles. The summed E-state index contributed by atoms with van der Waals surface area (Å²) < 4.78 is 0. The minimum atomic E-state index is 0.940. The molecule has 0 unspecified atom stereocenters. The number of hydrogen-bond donors (Lipinski definition) is 1. The Kier molecular flexibility index (Phi) is 2.64. The van der Waals surface area contributed by atoms with Gasteiger partial charge in [-0.15, -0.1) is 11.3 Å². The van der Waals surface area contributed by atoms with Crippen LogP contribution in [0.25, 0.3) is 32.6 Å². The van der Waals surface area contributed by atoms with Crippen molar-refractivity contribution >= 4 is 22.4 Å². The Morgan fingerprint density at radius 2 is 1.80 bits per heavy atom. The molecule has 0 radical (unpaired) electrons. The van der Waals surface area contributed by atoms with Crippen LogP contribution in [-0.4, -0.2) is 9.97 Å². The van der Waals surface area contributed by atoms with Gasteiger partial charge in [0.15, 0.2) is 0 Å². The van der Waals surface area contributed by atoms with Gasteiger partial charge in [-0.3, -0.25) is 0 Å². The number of thiophene rings is 1. The molecule has 0 aliphatic carbocycles. The molecule has 3 heteroatoms. The van der Waals surface area contributed by atoms with Gasteiger partial charge in [0.2, 0.25) is 0 Å². The van der Waals surface area contributed by atoms with Crippen molar-refractivity contribution in [1.82, 2.24) is 9.97 Å². The van der Waals surface area contributed by atoms with E-state index in [1.54, 1.807) is 11.3 Å². The van der Waals surface area contributed by atoms with E-state index in [1.807, 2.05) is 18.5 Å². The largest absolute Gasteiger partial charge is 0.346 e. The van der Waals surface area contributed by atoms with E-state index in [2.05, 4.69) is 57.8 Å². The van der Waals surface area contributed by atoms with Crippen LogP contribution in [0.15, 0.2) is 66.3 Å². The second-order valence-electron chi connectivity index (χ2n) is 4.63. The molecule has 0 saturated carbocycles. The third-order valence-corrected chi connectivity index (χ3v) is 4.40. The highest BCUT2D eigenvalue weighted by Gasteiger charge is 2.12. The Bertz CT molecular complexity index is 859. The first-order chi connectivity index (χ1) is 9.93. The number of benzene rings is 1. The number of aromatic amines is 1. The summed E-state index contributed by atoms with van der Waals surface area (Å²) >= 11 is 1.77. The normalized spacial score (nSPS) is 11.0. The summed E-state index contributed by atoms with van der Waals surface area (Å²) in [6, 6.07) is 16.9. The molecule has 20 heavy (non-hydrogen) atoms. The third kappa shape index (κ3) is 1.75. The maximum Gasteiger partial charge on any atom is 0.137 e. The summed E-state index contributed by atoms with van der Waals surface area (Å²) in [5.74, 6) is 0. The quantitative estimate of drug-likeness (QED) is 0.551. The van der Waals surface area contributed by atoms with E-state index in [-0.39, 0.29) is 0 Å². The van der Waals surface area contributed by atoms with E-state index < -0.39 is 0 Å². The molecule has 4 rings (SSSR count). The Morgan fingerprint density at radius 1 is 0.900 bits per heavy atom. The van der Waals surface area contributed by atoms with Gasteiger partial charge in [-0.1, -0.05) is 30.3 Å². The van der Waals surface area contributed by atoms with Crippen LogP contribution in [0.3, 0.4) is 0 Å². The van der Waals surface area contributed by atoms with Gasteiger partial charge in [-0.25, -0.2) is 4.98 Å². The first-order valence-corrected chi connectivity index (χ1v) is 7.37. The van der Waals surface area contributed by atoms with Crippen LogP contribution < -0.4 is 0 Å². The van der Waals surface area contributed by atoms with Gasteiger partial charge in [0.25, 0.3) is 0 Å². The summed E-state index contributed by atoms with van der Waals surface area (Å²) in [6.45, 7) is 0. The van der Waals surface area contributed by atoms with E-state index >= 15 is 0 Å². The molecule has 0 aliphatic rings. The van der Waals surface area contributed by atoms with Crippen molar-refractivity contribution < 1.29 is 0 Å². The standard InChI is InChI=1S/C17H12N2S/c1-2-4-12(5-3-1)13-8-11-20-16(13)14-6-9-18-17-15(14)7-10-19-17/h1-11H,(H,18,19). The number of nitrogens with one attached hydrogen (secondary N) is 1. The van der Waals surface area contributed by atoms with E-state index in [0.717, 1.165) is 5.65 Å². The zero-order chi connectivity index (χ0) is 13.4. The fourth-order valence-corrected chi connectivity index (χ4v) is 3.48. The van der Waals surface area contributed by atoms with E-state index in [0.29, 0.717) is 0 Å². The Balaban J connectivity index is 1.96. The van der Waals surface area contributed by atoms with E-state index in [4.69, 9.17) is 0 Å². The molecule has 2 nitrogen and oxygen atoms in total. The fourth-order valence-electron chi connectivity index (χ4n) is 2.52. The first kappa shape index (κ1) is 11.4. The van der Waals surface area contributed by atoms with Crippen molar-refractivity contribution in [2.24, 2.45) is 0 Å². The predicted octanol–water partition coefficient (Wildman–Crippen LogP) is 4.96. The third-order valence-electron chi connectivity index (χ3n) is 3.45. The zero-order valence-corrected chi connectivity index (χ0v) is 11.5. The molecule has 1 aromatic carbocycles. The molecule has 0 atom stereocenters. The number of H-pyrrole nitrogens is 1. The topological polar surface area (TPSA) is 28.7 Å². The van der Waals surface area contributed by atoms with Crippen molar-refractivity contribution in [3.05, 3.63) is 66.3 Å². The molecule has 0 bridgehead atoms. The Morgan fingerprint density at radius 3 is 2.70 bits per heavy atom. The fraction of sp³-hybridized carbons (Fsp3) is 0. The highest BCUT2D eigenvalue weighted by Crippen LogP contribution is 2.39. The molecule has 3 aromatic heterocycles. The molecule has 0 spiro atoms.